The van der Waals surface area contributed by atoms with Crippen LogP contribution in [0.3, 0.4) is 0 Å². The van der Waals surface area contributed by atoms with E-state index in [9.17, 15) is 4.79 Å². The van der Waals surface area contributed by atoms with E-state index in [0.29, 0.717) is 22.0 Å². The number of carbonyl (C=O) groups excluding carboxylic acids is 1. The summed E-state index contributed by atoms with van der Waals surface area (Å²) in [5.74, 6) is -0.280. The van der Waals surface area contributed by atoms with Gasteiger partial charge in [-0.25, -0.2) is 0 Å². The predicted molar refractivity (Wildman–Crippen MR) is 96.5 cm³/mol. The highest BCUT2D eigenvalue weighted by Crippen LogP contribution is 2.39. The summed E-state index contributed by atoms with van der Waals surface area (Å²) in [4.78, 5) is 12.7. The Labute approximate surface area is 148 Å². The summed E-state index contributed by atoms with van der Waals surface area (Å²) in [6.07, 6.45) is 1.79. The minimum Gasteiger partial charge on any atom is -0.267 e. The van der Waals surface area contributed by atoms with Crippen molar-refractivity contribution in [2.75, 3.05) is 5.01 Å². The minimum absolute atomic E-state index is 0.272. The Bertz CT molecular complexity index is 821. The average molecular weight is 366 g/mol. The molecule has 0 saturated heterocycles. The van der Waals surface area contributed by atoms with E-state index >= 15 is 0 Å². The van der Waals surface area contributed by atoms with Gasteiger partial charge >= 0.3 is 0 Å². The molecule has 2 aromatic rings. The maximum Gasteiger partial charge on any atom is 0.280 e. The molecule has 0 bridgehead atoms. The third-order valence-corrected chi connectivity index (χ3v) is 4.16. The van der Waals surface area contributed by atoms with Gasteiger partial charge in [-0.1, -0.05) is 65.1 Å². The average Bonchev–Trinajstić information content (AvgIpc) is 2.76. The fourth-order valence-electron chi connectivity index (χ4n) is 2.29. The van der Waals surface area contributed by atoms with Crippen molar-refractivity contribution in [1.82, 2.24) is 0 Å². The monoisotopic (exact) mass is 364 g/mol. The lowest BCUT2D eigenvalue weighted by atomic mass is 10.1. The van der Waals surface area contributed by atoms with Gasteiger partial charge in [-0.3, -0.25) is 4.79 Å². The van der Waals surface area contributed by atoms with E-state index in [0.717, 1.165) is 5.56 Å². The summed E-state index contributed by atoms with van der Waals surface area (Å²) in [5, 5.41) is 6.44. The molecule has 0 spiro atoms. The van der Waals surface area contributed by atoms with E-state index in [1.54, 1.807) is 13.0 Å². The van der Waals surface area contributed by atoms with Gasteiger partial charge in [-0.05, 0) is 30.7 Å². The zero-order chi connectivity index (χ0) is 16.6. The van der Waals surface area contributed by atoms with Crippen LogP contribution in [0.1, 0.15) is 12.5 Å². The molecule has 3 nitrogen and oxygen atoms in total. The molecule has 0 saturated carbocycles. The number of benzene rings is 2. The number of hydrazone groups is 1. The number of rotatable bonds is 2. The number of nitrogens with zero attached hydrogens (tertiary/aromatic N) is 2. The van der Waals surface area contributed by atoms with Gasteiger partial charge in [-0.15, -0.1) is 0 Å². The molecule has 1 aliphatic rings. The Morgan fingerprint density at radius 1 is 1.04 bits per heavy atom. The molecule has 0 fully saturated rings. The number of anilines is 1. The summed E-state index contributed by atoms with van der Waals surface area (Å²) in [6.45, 7) is 1.77. The van der Waals surface area contributed by atoms with Crippen molar-refractivity contribution >= 4 is 58.2 Å². The molecule has 1 heterocycles. The summed E-state index contributed by atoms with van der Waals surface area (Å²) < 4.78 is 0. The first kappa shape index (κ1) is 16.1. The Morgan fingerprint density at radius 3 is 2.26 bits per heavy atom. The normalized spacial score (nSPS) is 16.2. The van der Waals surface area contributed by atoms with Gasteiger partial charge in [0.05, 0.1) is 21.3 Å². The lowest BCUT2D eigenvalue weighted by Crippen LogP contribution is -2.22. The number of halogens is 3. The molecule has 0 aromatic heterocycles. The molecule has 1 amide bonds. The van der Waals surface area contributed by atoms with Crippen LogP contribution in [0.15, 0.2) is 53.1 Å². The molecular weight excluding hydrogens is 355 g/mol. The molecule has 0 radical (unpaired) electrons. The van der Waals surface area contributed by atoms with E-state index in [1.165, 1.54) is 17.1 Å². The molecule has 2 aromatic carbocycles. The molecule has 1 aliphatic heterocycles. The first-order chi connectivity index (χ1) is 11.0. The molecule has 0 unspecified atom stereocenters. The van der Waals surface area contributed by atoms with Crippen molar-refractivity contribution in [2.24, 2.45) is 5.10 Å². The van der Waals surface area contributed by atoms with Crippen molar-refractivity contribution in [3.8, 4) is 0 Å². The standard InChI is InChI=1S/C17H11Cl3N2O/c1-10-13(7-11-5-3-2-4-6-11)17(23)22(21-10)16-14(19)8-12(18)9-15(16)20/h2-9H,1H3/b13-7-. The maximum atomic E-state index is 12.7. The van der Waals surface area contributed by atoms with Gasteiger partial charge < -0.3 is 0 Å². The highest BCUT2D eigenvalue weighted by atomic mass is 35.5. The fraction of sp³-hybridized carbons (Fsp3) is 0.0588. The topological polar surface area (TPSA) is 32.7 Å². The van der Waals surface area contributed by atoms with Crippen LogP contribution in [0.25, 0.3) is 6.08 Å². The quantitative estimate of drug-likeness (QED) is 0.651. The van der Waals surface area contributed by atoms with Crippen LogP contribution in [0.4, 0.5) is 5.69 Å². The van der Waals surface area contributed by atoms with Gasteiger partial charge in [0.25, 0.3) is 5.91 Å². The lowest BCUT2D eigenvalue weighted by molar-refractivity contribution is -0.114. The van der Waals surface area contributed by atoms with E-state index < -0.39 is 0 Å². The second-order valence-electron chi connectivity index (χ2n) is 4.99. The van der Waals surface area contributed by atoms with Crippen LogP contribution < -0.4 is 5.01 Å². The summed E-state index contributed by atoms with van der Waals surface area (Å²) in [7, 11) is 0. The van der Waals surface area contributed by atoms with Gasteiger partial charge in [0.1, 0.15) is 5.69 Å². The Morgan fingerprint density at radius 2 is 1.65 bits per heavy atom. The van der Waals surface area contributed by atoms with E-state index in [4.69, 9.17) is 34.8 Å². The first-order valence-electron chi connectivity index (χ1n) is 6.78. The van der Waals surface area contributed by atoms with Crippen LogP contribution in [-0.2, 0) is 4.79 Å². The number of carbonyl (C=O) groups is 1. The Hall–Kier alpha value is -1.81. The summed E-state index contributed by atoms with van der Waals surface area (Å²) in [5.41, 5.74) is 2.35. The van der Waals surface area contributed by atoms with Gasteiger partial charge in [0.15, 0.2) is 0 Å². The molecule has 23 heavy (non-hydrogen) atoms. The van der Waals surface area contributed by atoms with Crippen LogP contribution in [0, 0.1) is 0 Å². The van der Waals surface area contributed by atoms with E-state index in [2.05, 4.69) is 5.10 Å². The number of hydrogen-bond donors (Lipinski definition) is 0. The molecule has 0 N–H and O–H groups in total. The van der Waals surface area contributed by atoms with Crippen molar-refractivity contribution in [1.29, 1.82) is 0 Å². The zero-order valence-corrected chi connectivity index (χ0v) is 14.3. The van der Waals surface area contributed by atoms with E-state index in [-0.39, 0.29) is 16.0 Å². The zero-order valence-electron chi connectivity index (χ0n) is 12.1. The highest BCUT2D eigenvalue weighted by Gasteiger charge is 2.31. The molecule has 6 heteroatoms. The van der Waals surface area contributed by atoms with Crippen molar-refractivity contribution in [2.45, 2.75) is 6.92 Å². The number of hydrogen-bond acceptors (Lipinski definition) is 2. The summed E-state index contributed by atoms with van der Waals surface area (Å²) in [6, 6.07) is 12.6. The van der Waals surface area contributed by atoms with Crippen LogP contribution in [0.2, 0.25) is 15.1 Å². The third-order valence-electron chi connectivity index (χ3n) is 3.37. The first-order valence-corrected chi connectivity index (χ1v) is 7.92. The minimum atomic E-state index is -0.280. The largest absolute Gasteiger partial charge is 0.280 e. The lowest BCUT2D eigenvalue weighted by Gasteiger charge is -2.15. The molecule has 0 aliphatic carbocycles. The van der Waals surface area contributed by atoms with Gasteiger partial charge in [0, 0.05) is 5.02 Å². The molecule has 116 valence electrons. The summed E-state index contributed by atoms with van der Waals surface area (Å²) >= 11 is 18.3. The van der Waals surface area contributed by atoms with Crippen molar-refractivity contribution < 1.29 is 4.79 Å². The van der Waals surface area contributed by atoms with Gasteiger partial charge in [-0.2, -0.15) is 10.1 Å². The van der Waals surface area contributed by atoms with Crippen LogP contribution >= 0.6 is 34.8 Å². The predicted octanol–water partition coefficient (Wildman–Crippen LogP) is 5.45. The molecule has 0 atom stereocenters. The Kier molecular flexibility index (Phi) is 4.44. The van der Waals surface area contributed by atoms with Crippen molar-refractivity contribution in [3.05, 3.63) is 68.7 Å². The molecular formula is C17H11Cl3N2O. The maximum absolute atomic E-state index is 12.7. The molecule has 3 rings (SSSR count). The van der Waals surface area contributed by atoms with Crippen LogP contribution in [-0.4, -0.2) is 11.6 Å². The van der Waals surface area contributed by atoms with Gasteiger partial charge in [0.2, 0.25) is 0 Å². The van der Waals surface area contributed by atoms with E-state index in [1.807, 2.05) is 30.3 Å². The van der Waals surface area contributed by atoms with Crippen LogP contribution in [0.5, 0.6) is 0 Å². The second-order valence-corrected chi connectivity index (χ2v) is 6.24. The smallest absolute Gasteiger partial charge is 0.267 e. The Balaban J connectivity index is 2.03. The fourth-order valence-corrected chi connectivity index (χ4v) is 3.27. The third kappa shape index (κ3) is 3.13. The highest BCUT2D eigenvalue weighted by molar-refractivity contribution is 6.44. The number of amides is 1. The SMILES string of the molecule is CC1=NN(c2c(Cl)cc(Cl)cc2Cl)C(=O)/C1=C\c1ccccc1. The second kappa shape index (κ2) is 6.36. The van der Waals surface area contributed by atoms with Crippen molar-refractivity contribution in [3.63, 3.8) is 0 Å².